The fourth-order valence-corrected chi connectivity index (χ4v) is 2.64. The van der Waals surface area contributed by atoms with Gasteiger partial charge in [0, 0.05) is 0 Å². The van der Waals surface area contributed by atoms with Crippen molar-refractivity contribution in [1.29, 1.82) is 0 Å². The van der Waals surface area contributed by atoms with E-state index in [2.05, 4.69) is 44.2 Å². The zero-order valence-corrected chi connectivity index (χ0v) is 17.1. The summed E-state index contributed by atoms with van der Waals surface area (Å²) in [7, 11) is -4.64. The first-order valence-electron chi connectivity index (χ1n) is 9.40. The molecule has 5 nitrogen and oxygen atoms in total. The van der Waals surface area contributed by atoms with Gasteiger partial charge in [-0.3, -0.25) is 0 Å². The summed E-state index contributed by atoms with van der Waals surface area (Å²) in [6.07, 6.45) is 9.08. The van der Waals surface area contributed by atoms with Crippen LogP contribution in [0, 0.1) is 6.92 Å². The third-order valence-corrected chi connectivity index (χ3v) is 4.02. The molecule has 0 saturated heterocycles. The molecular formula is C21H31O5P. The maximum Gasteiger partial charge on any atom is 0.466 e. The predicted octanol–water partition coefficient (Wildman–Crippen LogP) is 5.76. The standard InChI is InChI=1S/C21H28O.H3O4P/c1-3-4-5-6-7-8-11-19-12-9-10-13-21(19)22-20-16-14-18(2)15-17-20;1-5(2,3)4/h9-10,12-17H,3-8,11H2,1-2H3;(H3,1,2,3,4). The third-order valence-electron chi connectivity index (χ3n) is 4.02. The quantitative estimate of drug-likeness (QED) is 0.372. The number of aryl methyl sites for hydroxylation is 2. The van der Waals surface area contributed by atoms with Crippen molar-refractivity contribution in [3.8, 4) is 11.5 Å². The topological polar surface area (TPSA) is 87.0 Å². The molecular weight excluding hydrogens is 363 g/mol. The summed E-state index contributed by atoms with van der Waals surface area (Å²) < 4.78 is 14.9. The second-order valence-electron chi connectivity index (χ2n) is 6.55. The van der Waals surface area contributed by atoms with Crippen molar-refractivity contribution >= 4 is 7.82 Å². The van der Waals surface area contributed by atoms with Gasteiger partial charge in [-0.25, -0.2) is 4.57 Å². The molecule has 6 heteroatoms. The van der Waals surface area contributed by atoms with Crippen LogP contribution in [0.1, 0.15) is 56.6 Å². The van der Waals surface area contributed by atoms with E-state index in [9.17, 15) is 0 Å². The molecule has 0 radical (unpaired) electrons. The predicted molar refractivity (Wildman–Crippen MR) is 109 cm³/mol. The number of benzene rings is 2. The Kier molecular flexibility index (Phi) is 11.0. The van der Waals surface area contributed by atoms with Crippen LogP contribution < -0.4 is 4.74 Å². The first kappa shape index (κ1) is 23.4. The minimum atomic E-state index is -4.64. The molecule has 0 heterocycles. The number of para-hydroxylation sites is 1. The number of phosphoric acid groups is 1. The summed E-state index contributed by atoms with van der Waals surface area (Å²) >= 11 is 0. The molecule has 2 aromatic rings. The molecule has 0 amide bonds. The lowest BCUT2D eigenvalue weighted by Crippen LogP contribution is -1.92. The van der Waals surface area contributed by atoms with Gasteiger partial charge in [0.2, 0.25) is 0 Å². The zero-order chi connectivity index (χ0) is 20.1. The Morgan fingerprint density at radius 2 is 1.41 bits per heavy atom. The average molecular weight is 394 g/mol. The molecule has 0 atom stereocenters. The molecule has 2 aromatic carbocycles. The summed E-state index contributed by atoms with van der Waals surface area (Å²) in [6, 6.07) is 16.7. The highest BCUT2D eigenvalue weighted by Gasteiger charge is 2.04. The van der Waals surface area contributed by atoms with Crippen LogP contribution in [0.3, 0.4) is 0 Å². The van der Waals surface area contributed by atoms with Gasteiger partial charge < -0.3 is 19.4 Å². The summed E-state index contributed by atoms with van der Waals surface area (Å²) in [5, 5.41) is 0. The smallest absolute Gasteiger partial charge is 0.457 e. The normalized spacial score (nSPS) is 10.9. The van der Waals surface area contributed by atoms with E-state index in [0.717, 1.165) is 17.9 Å². The van der Waals surface area contributed by atoms with Crippen LogP contribution in [0.25, 0.3) is 0 Å². The van der Waals surface area contributed by atoms with Gasteiger partial charge in [-0.15, -0.1) is 0 Å². The Balaban J connectivity index is 0.000000646. The summed E-state index contributed by atoms with van der Waals surface area (Å²) in [5.74, 6) is 1.92. The second-order valence-corrected chi connectivity index (χ2v) is 7.58. The summed E-state index contributed by atoms with van der Waals surface area (Å²) in [4.78, 5) is 21.6. The SMILES string of the molecule is CCCCCCCCc1ccccc1Oc1ccc(C)cc1.O=P(O)(O)O. The van der Waals surface area contributed by atoms with Crippen molar-refractivity contribution in [2.45, 2.75) is 58.8 Å². The molecule has 0 bridgehead atoms. The third kappa shape index (κ3) is 12.4. The van der Waals surface area contributed by atoms with Crippen LogP contribution in [-0.2, 0) is 11.0 Å². The average Bonchev–Trinajstić information content (AvgIpc) is 2.60. The number of hydrogen-bond acceptors (Lipinski definition) is 2. The van der Waals surface area contributed by atoms with Crippen LogP contribution in [0.5, 0.6) is 11.5 Å². The highest BCUT2D eigenvalue weighted by molar-refractivity contribution is 7.45. The van der Waals surface area contributed by atoms with E-state index in [1.165, 1.54) is 49.7 Å². The first-order chi connectivity index (χ1) is 12.8. The van der Waals surface area contributed by atoms with E-state index >= 15 is 0 Å². The van der Waals surface area contributed by atoms with Gasteiger partial charge in [0.25, 0.3) is 0 Å². The summed E-state index contributed by atoms with van der Waals surface area (Å²) in [5.41, 5.74) is 2.58. The second kappa shape index (κ2) is 12.7. The fraction of sp³-hybridized carbons (Fsp3) is 0.429. The van der Waals surface area contributed by atoms with E-state index in [1.807, 2.05) is 18.2 Å². The van der Waals surface area contributed by atoms with Gasteiger partial charge in [0.1, 0.15) is 11.5 Å². The molecule has 150 valence electrons. The largest absolute Gasteiger partial charge is 0.466 e. The lowest BCUT2D eigenvalue weighted by atomic mass is 10.0. The van der Waals surface area contributed by atoms with Crippen molar-refractivity contribution in [2.24, 2.45) is 0 Å². The van der Waals surface area contributed by atoms with Crippen LogP contribution in [0.15, 0.2) is 48.5 Å². The Labute approximate surface area is 162 Å². The monoisotopic (exact) mass is 394 g/mol. The molecule has 27 heavy (non-hydrogen) atoms. The van der Waals surface area contributed by atoms with Gasteiger partial charge in [-0.1, -0.05) is 74.9 Å². The highest BCUT2D eigenvalue weighted by Crippen LogP contribution is 2.27. The van der Waals surface area contributed by atoms with E-state index in [1.54, 1.807) is 0 Å². The minimum absolute atomic E-state index is 0.918. The van der Waals surface area contributed by atoms with Crippen LogP contribution in [-0.4, -0.2) is 14.7 Å². The molecule has 0 unspecified atom stereocenters. The first-order valence-corrected chi connectivity index (χ1v) is 11.0. The van der Waals surface area contributed by atoms with Gasteiger partial charge in [-0.2, -0.15) is 0 Å². The lowest BCUT2D eigenvalue weighted by molar-refractivity contribution is 0.275. The number of ether oxygens (including phenoxy) is 1. The fourth-order valence-electron chi connectivity index (χ4n) is 2.64. The van der Waals surface area contributed by atoms with E-state index in [0.29, 0.717) is 0 Å². The number of unbranched alkanes of at least 4 members (excludes halogenated alkanes) is 5. The van der Waals surface area contributed by atoms with Crippen molar-refractivity contribution in [3.05, 3.63) is 59.7 Å². The van der Waals surface area contributed by atoms with E-state index in [4.69, 9.17) is 24.0 Å². The van der Waals surface area contributed by atoms with Gasteiger partial charge in [-0.05, 0) is 43.5 Å². The molecule has 2 rings (SSSR count). The van der Waals surface area contributed by atoms with Gasteiger partial charge in [0.15, 0.2) is 0 Å². The minimum Gasteiger partial charge on any atom is -0.457 e. The highest BCUT2D eigenvalue weighted by atomic mass is 31.2. The van der Waals surface area contributed by atoms with Crippen LogP contribution >= 0.6 is 7.82 Å². The molecule has 0 saturated carbocycles. The molecule has 0 aliphatic rings. The molecule has 0 aliphatic heterocycles. The number of rotatable bonds is 9. The maximum absolute atomic E-state index is 8.88. The van der Waals surface area contributed by atoms with E-state index in [-0.39, 0.29) is 0 Å². The Morgan fingerprint density at radius 3 is 2.04 bits per heavy atom. The summed E-state index contributed by atoms with van der Waals surface area (Å²) in [6.45, 7) is 4.36. The van der Waals surface area contributed by atoms with Gasteiger partial charge in [0.05, 0.1) is 0 Å². The molecule has 0 spiro atoms. The Morgan fingerprint density at radius 1 is 0.852 bits per heavy atom. The lowest BCUT2D eigenvalue weighted by Gasteiger charge is -2.11. The molecule has 3 N–H and O–H groups in total. The zero-order valence-electron chi connectivity index (χ0n) is 16.2. The van der Waals surface area contributed by atoms with Crippen molar-refractivity contribution in [2.75, 3.05) is 0 Å². The van der Waals surface area contributed by atoms with Gasteiger partial charge >= 0.3 is 7.82 Å². The van der Waals surface area contributed by atoms with Crippen molar-refractivity contribution in [3.63, 3.8) is 0 Å². The van der Waals surface area contributed by atoms with Crippen molar-refractivity contribution in [1.82, 2.24) is 0 Å². The molecule has 0 aliphatic carbocycles. The Hall–Kier alpha value is -1.65. The van der Waals surface area contributed by atoms with E-state index < -0.39 is 7.82 Å². The number of hydrogen-bond donors (Lipinski definition) is 3. The van der Waals surface area contributed by atoms with Crippen LogP contribution in [0.4, 0.5) is 0 Å². The molecule has 0 fully saturated rings. The Bertz CT molecular complexity index is 686. The molecule has 0 aromatic heterocycles. The van der Waals surface area contributed by atoms with Crippen molar-refractivity contribution < 1.29 is 24.0 Å². The maximum atomic E-state index is 8.88. The van der Waals surface area contributed by atoms with Crippen LogP contribution in [0.2, 0.25) is 0 Å².